The predicted molar refractivity (Wildman–Crippen MR) is 76.9 cm³/mol. The maximum Gasteiger partial charge on any atom is 0.269 e. The van der Waals surface area contributed by atoms with Crippen molar-refractivity contribution in [1.82, 2.24) is 10.2 Å². The first kappa shape index (κ1) is 15.4. The summed E-state index contributed by atoms with van der Waals surface area (Å²) < 4.78 is 0. The van der Waals surface area contributed by atoms with Crippen molar-refractivity contribution in [2.75, 3.05) is 20.1 Å². The maximum atomic E-state index is 12.5. The Kier molecular flexibility index (Phi) is 4.54. The van der Waals surface area contributed by atoms with Gasteiger partial charge in [-0.15, -0.1) is 0 Å². The first-order valence-corrected chi connectivity index (χ1v) is 6.81. The number of benzene rings is 1. The molecule has 7 heteroatoms. The van der Waals surface area contributed by atoms with Crippen molar-refractivity contribution >= 4 is 11.6 Å². The van der Waals surface area contributed by atoms with Crippen molar-refractivity contribution < 1.29 is 14.8 Å². The quantitative estimate of drug-likeness (QED) is 0.622. The molecule has 0 radical (unpaired) electrons. The van der Waals surface area contributed by atoms with Crippen LogP contribution >= 0.6 is 0 Å². The third kappa shape index (κ3) is 3.20. The van der Waals surface area contributed by atoms with Crippen LogP contribution in [0.2, 0.25) is 0 Å². The van der Waals surface area contributed by atoms with Gasteiger partial charge in [0.1, 0.15) is 0 Å². The summed E-state index contributed by atoms with van der Waals surface area (Å²) in [6.07, 6.45) is -0.587. The van der Waals surface area contributed by atoms with E-state index in [1.54, 1.807) is 26.1 Å². The highest BCUT2D eigenvalue weighted by molar-refractivity contribution is 5.83. The lowest BCUT2D eigenvalue weighted by Crippen LogP contribution is -2.45. The van der Waals surface area contributed by atoms with E-state index in [0.717, 1.165) is 0 Å². The highest BCUT2D eigenvalue weighted by Crippen LogP contribution is 2.23. The predicted octanol–water partition coefficient (Wildman–Crippen LogP) is 0.489. The van der Waals surface area contributed by atoms with E-state index in [1.165, 1.54) is 17.0 Å². The van der Waals surface area contributed by atoms with Crippen LogP contribution < -0.4 is 5.32 Å². The van der Waals surface area contributed by atoms with Gasteiger partial charge in [0.15, 0.2) is 0 Å². The van der Waals surface area contributed by atoms with Gasteiger partial charge in [-0.3, -0.25) is 14.9 Å². The number of nitro groups is 1. The van der Waals surface area contributed by atoms with Gasteiger partial charge >= 0.3 is 0 Å². The van der Waals surface area contributed by atoms with Crippen LogP contribution in [0.15, 0.2) is 24.3 Å². The largest absolute Gasteiger partial charge is 0.390 e. The number of nitro benzene ring substituents is 1. The fraction of sp³-hybridized carbons (Fsp3) is 0.500. The molecule has 0 aromatic heterocycles. The smallest absolute Gasteiger partial charge is 0.269 e. The van der Waals surface area contributed by atoms with Crippen molar-refractivity contribution in [2.45, 2.75) is 25.0 Å². The lowest BCUT2D eigenvalue weighted by atomic mass is 9.98. The van der Waals surface area contributed by atoms with Crippen molar-refractivity contribution in [3.05, 3.63) is 39.9 Å². The van der Waals surface area contributed by atoms with Crippen molar-refractivity contribution in [3.63, 3.8) is 0 Å². The first-order valence-electron chi connectivity index (χ1n) is 6.81. The zero-order chi connectivity index (χ0) is 15.6. The van der Waals surface area contributed by atoms with Gasteiger partial charge in [-0.1, -0.05) is 12.1 Å². The van der Waals surface area contributed by atoms with E-state index >= 15 is 0 Å². The van der Waals surface area contributed by atoms with Crippen LogP contribution in [0, 0.1) is 10.1 Å². The Balaban J connectivity index is 2.15. The highest BCUT2D eigenvalue weighted by atomic mass is 16.6. The minimum absolute atomic E-state index is 0.0302. The monoisotopic (exact) mass is 293 g/mol. The average molecular weight is 293 g/mol. The van der Waals surface area contributed by atoms with E-state index in [1.807, 2.05) is 0 Å². The minimum atomic E-state index is -0.587. The fourth-order valence-electron chi connectivity index (χ4n) is 2.57. The number of aliphatic hydroxyl groups is 1. The molecular weight excluding hydrogens is 274 g/mol. The fourth-order valence-corrected chi connectivity index (χ4v) is 2.57. The van der Waals surface area contributed by atoms with Gasteiger partial charge in [-0.2, -0.15) is 0 Å². The third-order valence-corrected chi connectivity index (χ3v) is 3.95. The summed E-state index contributed by atoms with van der Waals surface area (Å²) in [6.45, 7) is 2.73. The number of carbonyl (C=O) groups excluding carboxylic acids is 1. The topological polar surface area (TPSA) is 95.7 Å². The molecule has 0 saturated carbocycles. The second kappa shape index (κ2) is 6.19. The number of nitrogens with one attached hydrogen (secondary N) is 1. The van der Waals surface area contributed by atoms with E-state index in [9.17, 15) is 20.0 Å². The Morgan fingerprint density at radius 1 is 1.52 bits per heavy atom. The molecule has 1 amide bonds. The molecular formula is C14H19N3O4. The van der Waals surface area contributed by atoms with Gasteiger partial charge in [0, 0.05) is 32.3 Å². The molecule has 21 heavy (non-hydrogen) atoms. The molecule has 1 fully saturated rings. The minimum Gasteiger partial charge on any atom is -0.390 e. The number of amides is 1. The summed E-state index contributed by atoms with van der Waals surface area (Å²) in [4.78, 5) is 24.3. The van der Waals surface area contributed by atoms with Crippen LogP contribution in [0.1, 0.15) is 18.4 Å². The number of rotatable bonds is 4. The zero-order valence-electron chi connectivity index (χ0n) is 12.0. The number of nitrogens with zero attached hydrogens (tertiary/aromatic N) is 2. The molecule has 7 nitrogen and oxygen atoms in total. The van der Waals surface area contributed by atoms with E-state index in [0.29, 0.717) is 18.7 Å². The van der Waals surface area contributed by atoms with Gasteiger partial charge < -0.3 is 15.3 Å². The highest BCUT2D eigenvalue weighted by Gasteiger charge is 2.33. The van der Waals surface area contributed by atoms with Gasteiger partial charge in [0.2, 0.25) is 5.91 Å². The first-order chi connectivity index (χ1) is 9.91. The normalized spacial score (nSPS) is 22.8. The molecule has 1 unspecified atom stereocenters. The average Bonchev–Trinajstić information content (AvgIpc) is 2.91. The second-order valence-corrected chi connectivity index (χ2v) is 5.32. The van der Waals surface area contributed by atoms with E-state index in [2.05, 4.69) is 5.32 Å². The van der Waals surface area contributed by atoms with Crippen LogP contribution in [0.4, 0.5) is 5.69 Å². The molecule has 2 N–H and O–H groups in total. The lowest BCUT2D eigenvalue weighted by molar-refractivity contribution is -0.384. The molecule has 1 aliphatic rings. The summed E-state index contributed by atoms with van der Waals surface area (Å²) >= 11 is 0. The Morgan fingerprint density at radius 3 is 2.81 bits per heavy atom. The Bertz CT molecular complexity index is 549. The molecule has 1 aromatic rings. The summed E-state index contributed by atoms with van der Waals surface area (Å²) in [5, 5.41) is 23.7. The number of β-amino-alcohol motifs (C(OH)–C–C–N with tert-alkyl or cyclic N) is 1. The number of non-ortho nitro benzene ring substituents is 1. The number of aliphatic hydroxyl groups excluding tert-OH is 1. The molecule has 1 heterocycles. The van der Waals surface area contributed by atoms with E-state index in [-0.39, 0.29) is 17.6 Å². The number of likely N-dealkylation sites (N-methyl/N-ethyl adjacent to an activating group) is 1. The van der Waals surface area contributed by atoms with Crippen molar-refractivity contribution in [2.24, 2.45) is 0 Å². The van der Waals surface area contributed by atoms with Crippen LogP contribution in [0.3, 0.4) is 0 Å². The molecule has 1 aliphatic heterocycles. The molecule has 3 atom stereocenters. The van der Waals surface area contributed by atoms with E-state index < -0.39 is 16.9 Å². The Labute approximate surface area is 122 Å². The van der Waals surface area contributed by atoms with Crippen molar-refractivity contribution in [1.29, 1.82) is 0 Å². The number of carbonyl (C=O) groups is 1. The van der Waals surface area contributed by atoms with Crippen LogP contribution in [0.5, 0.6) is 0 Å². The SMILES string of the molecule is CC(C(=O)N(C)[C@@H]1CNC[C@H]1O)c1cccc([N+](=O)[O-])c1. The van der Waals surface area contributed by atoms with Crippen molar-refractivity contribution in [3.8, 4) is 0 Å². The molecule has 1 saturated heterocycles. The van der Waals surface area contributed by atoms with Crippen LogP contribution in [-0.4, -0.2) is 53.1 Å². The Morgan fingerprint density at radius 2 is 2.24 bits per heavy atom. The van der Waals surface area contributed by atoms with Crippen LogP contribution in [-0.2, 0) is 4.79 Å². The third-order valence-electron chi connectivity index (χ3n) is 3.95. The molecule has 0 bridgehead atoms. The molecule has 0 spiro atoms. The summed E-state index contributed by atoms with van der Waals surface area (Å²) in [7, 11) is 1.65. The van der Waals surface area contributed by atoms with Crippen LogP contribution in [0.25, 0.3) is 0 Å². The second-order valence-electron chi connectivity index (χ2n) is 5.32. The number of hydrogen-bond donors (Lipinski definition) is 2. The summed E-state index contributed by atoms with van der Waals surface area (Å²) in [6, 6.07) is 5.82. The van der Waals surface area contributed by atoms with E-state index in [4.69, 9.17) is 0 Å². The summed E-state index contributed by atoms with van der Waals surface area (Å²) in [5.41, 5.74) is 0.568. The Hall–Kier alpha value is -1.99. The molecule has 0 aliphatic carbocycles. The molecule has 2 rings (SSSR count). The van der Waals surface area contributed by atoms with Gasteiger partial charge in [-0.05, 0) is 12.5 Å². The standard InChI is InChI=1S/C14H19N3O4/c1-9(10-4-3-5-11(6-10)17(20)21)14(19)16(2)12-7-15-8-13(12)18/h3-6,9,12-13,15,18H,7-8H2,1-2H3/t9?,12-,13-/m1/s1. The van der Waals surface area contributed by atoms with Gasteiger partial charge in [0.05, 0.1) is 23.0 Å². The zero-order valence-corrected chi connectivity index (χ0v) is 12.0. The maximum absolute atomic E-state index is 12.5. The molecule has 1 aromatic carbocycles. The lowest BCUT2D eigenvalue weighted by Gasteiger charge is -2.29. The summed E-state index contributed by atoms with van der Waals surface area (Å²) in [5.74, 6) is -0.661. The van der Waals surface area contributed by atoms with Gasteiger partial charge in [-0.25, -0.2) is 0 Å². The molecule has 114 valence electrons. The van der Waals surface area contributed by atoms with Gasteiger partial charge in [0.25, 0.3) is 5.69 Å². The number of hydrogen-bond acceptors (Lipinski definition) is 5.